The molecule has 5 nitrogen and oxygen atoms in total. The van der Waals surface area contributed by atoms with Crippen LogP contribution in [0.4, 0.5) is 0 Å². The van der Waals surface area contributed by atoms with Crippen LogP contribution >= 0.6 is 0 Å². The standard InChI is InChI=1S/C15H23NO4/c1-5-20-15(17)10(2)9-11(16)14-12(18-3)7-6-8-13(14)19-4/h6-8,10-11H,5,9,16H2,1-4H3/t10-,11-/m0/s1. The van der Waals surface area contributed by atoms with Crippen LogP contribution < -0.4 is 15.2 Å². The molecule has 0 unspecified atom stereocenters. The van der Waals surface area contributed by atoms with Crippen molar-refractivity contribution in [1.29, 1.82) is 0 Å². The van der Waals surface area contributed by atoms with Gasteiger partial charge in [-0.3, -0.25) is 4.79 Å². The SMILES string of the molecule is CCOC(=O)[C@@H](C)C[C@H](N)c1c(OC)cccc1OC. The van der Waals surface area contributed by atoms with Crippen LogP contribution in [0.1, 0.15) is 31.9 Å². The highest BCUT2D eigenvalue weighted by Gasteiger charge is 2.23. The molecule has 112 valence electrons. The van der Waals surface area contributed by atoms with E-state index in [2.05, 4.69) is 0 Å². The Morgan fingerprint density at radius 2 is 1.80 bits per heavy atom. The predicted molar refractivity (Wildman–Crippen MR) is 76.9 cm³/mol. The van der Waals surface area contributed by atoms with Gasteiger partial charge in [0.25, 0.3) is 0 Å². The van der Waals surface area contributed by atoms with Crippen LogP contribution in [0.2, 0.25) is 0 Å². The Balaban J connectivity index is 2.91. The Kier molecular flexibility index (Phi) is 6.31. The summed E-state index contributed by atoms with van der Waals surface area (Å²) in [5, 5.41) is 0. The third-order valence-corrected chi connectivity index (χ3v) is 3.13. The van der Waals surface area contributed by atoms with Gasteiger partial charge in [0.2, 0.25) is 0 Å². The molecule has 2 N–H and O–H groups in total. The number of ether oxygens (including phenoxy) is 3. The number of methoxy groups -OCH3 is 2. The first-order chi connectivity index (χ1) is 9.54. The smallest absolute Gasteiger partial charge is 0.308 e. The first-order valence-electron chi connectivity index (χ1n) is 6.68. The fourth-order valence-electron chi connectivity index (χ4n) is 2.12. The molecule has 20 heavy (non-hydrogen) atoms. The molecule has 0 bridgehead atoms. The molecule has 0 aliphatic rings. The van der Waals surface area contributed by atoms with E-state index in [1.54, 1.807) is 28.1 Å². The highest BCUT2D eigenvalue weighted by molar-refractivity contribution is 5.72. The first-order valence-corrected chi connectivity index (χ1v) is 6.68. The summed E-state index contributed by atoms with van der Waals surface area (Å²) in [6, 6.07) is 5.13. The monoisotopic (exact) mass is 281 g/mol. The molecule has 0 amide bonds. The van der Waals surface area contributed by atoms with Crippen molar-refractivity contribution in [2.45, 2.75) is 26.3 Å². The first kappa shape index (κ1) is 16.3. The van der Waals surface area contributed by atoms with Crippen molar-refractivity contribution in [3.8, 4) is 11.5 Å². The van der Waals surface area contributed by atoms with Crippen molar-refractivity contribution in [2.24, 2.45) is 11.7 Å². The van der Waals surface area contributed by atoms with Crippen molar-refractivity contribution in [2.75, 3.05) is 20.8 Å². The summed E-state index contributed by atoms with van der Waals surface area (Å²) < 4.78 is 15.6. The number of esters is 1. The van der Waals surface area contributed by atoms with Crippen molar-refractivity contribution in [1.82, 2.24) is 0 Å². The summed E-state index contributed by atoms with van der Waals surface area (Å²) in [4.78, 5) is 11.7. The summed E-state index contributed by atoms with van der Waals surface area (Å²) >= 11 is 0. The number of nitrogens with two attached hydrogens (primary N) is 1. The number of rotatable bonds is 7. The van der Waals surface area contributed by atoms with Crippen LogP contribution in [0.3, 0.4) is 0 Å². The number of benzene rings is 1. The van der Waals surface area contributed by atoms with Gasteiger partial charge in [0, 0.05) is 6.04 Å². The number of carbonyl (C=O) groups is 1. The molecule has 2 atom stereocenters. The lowest BCUT2D eigenvalue weighted by Gasteiger charge is -2.21. The topological polar surface area (TPSA) is 70.8 Å². The zero-order chi connectivity index (χ0) is 15.1. The highest BCUT2D eigenvalue weighted by atomic mass is 16.5. The second kappa shape index (κ2) is 7.75. The molecule has 0 radical (unpaired) electrons. The van der Waals surface area contributed by atoms with Gasteiger partial charge >= 0.3 is 5.97 Å². The molecule has 0 heterocycles. The van der Waals surface area contributed by atoms with Crippen molar-refractivity contribution >= 4 is 5.97 Å². The second-order valence-electron chi connectivity index (χ2n) is 4.57. The van der Waals surface area contributed by atoms with Gasteiger partial charge in [0.05, 0.1) is 32.3 Å². The molecule has 1 rings (SSSR count). The Labute approximate surface area is 120 Å². The van der Waals surface area contributed by atoms with E-state index >= 15 is 0 Å². The molecule has 0 fully saturated rings. The van der Waals surface area contributed by atoms with Gasteiger partial charge < -0.3 is 19.9 Å². The van der Waals surface area contributed by atoms with Gasteiger partial charge in [-0.1, -0.05) is 13.0 Å². The molecule has 5 heteroatoms. The van der Waals surface area contributed by atoms with E-state index < -0.39 is 0 Å². The van der Waals surface area contributed by atoms with E-state index in [1.165, 1.54) is 0 Å². The molecule has 0 aliphatic heterocycles. The summed E-state index contributed by atoms with van der Waals surface area (Å²) in [6.07, 6.45) is 0.468. The Morgan fingerprint density at radius 1 is 1.25 bits per heavy atom. The van der Waals surface area contributed by atoms with E-state index in [1.807, 2.05) is 18.2 Å². The fraction of sp³-hybridized carbons (Fsp3) is 0.533. The van der Waals surface area contributed by atoms with Crippen LogP contribution in [0.5, 0.6) is 11.5 Å². The number of hydrogen-bond donors (Lipinski definition) is 1. The fourth-order valence-corrected chi connectivity index (χ4v) is 2.12. The Bertz CT molecular complexity index is 425. The van der Waals surface area contributed by atoms with E-state index in [9.17, 15) is 4.79 Å². The molecule has 0 saturated heterocycles. The van der Waals surface area contributed by atoms with E-state index in [0.29, 0.717) is 24.5 Å². The molecular weight excluding hydrogens is 258 g/mol. The minimum atomic E-state index is -0.361. The summed E-state index contributed by atoms with van der Waals surface area (Å²) in [5.41, 5.74) is 6.99. The molecule has 1 aromatic carbocycles. The van der Waals surface area contributed by atoms with Crippen LogP contribution in [0.25, 0.3) is 0 Å². The van der Waals surface area contributed by atoms with Crippen molar-refractivity contribution < 1.29 is 19.0 Å². The summed E-state index contributed by atoms with van der Waals surface area (Å²) in [6.45, 7) is 3.96. The van der Waals surface area contributed by atoms with E-state index in [-0.39, 0.29) is 17.9 Å². The summed E-state index contributed by atoms with van der Waals surface area (Å²) in [7, 11) is 3.17. The van der Waals surface area contributed by atoms with Crippen molar-refractivity contribution in [3.05, 3.63) is 23.8 Å². The van der Waals surface area contributed by atoms with E-state index in [4.69, 9.17) is 19.9 Å². The minimum Gasteiger partial charge on any atom is -0.496 e. The lowest BCUT2D eigenvalue weighted by molar-refractivity contribution is -0.147. The zero-order valence-electron chi connectivity index (χ0n) is 12.5. The van der Waals surface area contributed by atoms with Gasteiger partial charge in [-0.2, -0.15) is 0 Å². The lowest BCUT2D eigenvalue weighted by atomic mass is 9.95. The molecule has 0 aromatic heterocycles. The van der Waals surface area contributed by atoms with Crippen molar-refractivity contribution in [3.63, 3.8) is 0 Å². The molecule has 1 aromatic rings. The molecule has 0 saturated carbocycles. The number of hydrogen-bond acceptors (Lipinski definition) is 5. The highest BCUT2D eigenvalue weighted by Crippen LogP contribution is 2.35. The van der Waals surface area contributed by atoms with E-state index in [0.717, 1.165) is 5.56 Å². The average molecular weight is 281 g/mol. The Hall–Kier alpha value is -1.75. The third-order valence-electron chi connectivity index (χ3n) is 3.13. The molecule has 0 spiro atoms. The van der Waals surface area contributed by atoms with Gasteiger partial charge in [-0.15, -0.1) is 0 Å². The number of carbonyl (C=O) groups excluding carboxylic acids is 1. The maximum atomic E-state index is 11.7. The van der Waals surface area contributed by atoms with Crippen LogP contribution in [-0.4, -0.2) is 26.8 Å². The van der Waals surface area contributed by atoms with Gasteiger partial charge in [-0.05, 0) is 25.5 Å². The normalized spacial score (nSPS) is 13.4. The van der Waals surface area contributed by atoms with Gasteiger partial charge in [0.1, 0.15) is 11.5 Å². The van der Waals surface area contributed by atoms with Gasteiger partial charge in [-0.25, -0.2) is 0 Å². The zero-order valence-corrected chi connectivity index (χ0v) is 12.5. The largest absolute Gasteiger partial charge is 0.496 e. The molecular formula is C15H23NO4. The predicted octanol–water partition coefficient (Wildman–Crippen LogP) is 2.29. The van der Waals surface area contributed by atoms with Gasteiger partial charge in [0.15, 0.2) is 0 Å². The maximum Gasteiger partial charge on any atom is 0.308 e. The Morgan fingerprint density at radius 3 is 2.25 bits per heavy atom. The summed E-state index contributed by atoms with van der Waals surface area (Å²) in [5.74, 6) is 0.803. The maximum absolute atomic E-state index is 11.7. The van der Waals surface area contributed by atoms with Crippen LogP contribution in [-0.2, 0) is 9.53 Å². The minimum absolute atomic E-state index is 0.239. The van der Waals surface area contributed by atoms with Crippen LogP contribution in [0.15, 0.2) is 18.2 Å². The third kappa shape index (κ3) is 3.87. The average Bonchev–Trinajstić information content (AvgIpc) is 2.46. The lowest BCUT2D eigenvalue weighted by Crippen LogP contribution is -2.22. The quantitative estimate of drug-likeness (QED) is 0.776. The molecule has 0 aliphatic carbocycles. The second-order valence-corrected chi connectivity index (χ2v) is 4.57. The van der Waals surface area contributed by atoms with Crippen LogP contribution in [0, 0.1) is 5.92 Å².